The van der Waals surface area contributed by atoms with E-state index >= 15 is 0 Å². The molecular formula is C9H4BrClOS2. The van der Waals surface area contributed by atoms with E-state index in [9.17, 15) is 4.79 Å². The first-order chi connectivity index (χ1) is 6.66. The van der Waals surface area contributed by atoms with Gasteiger partial charge in [0, 0.05) is 10.9 Å². The van der Waals surface area contributed by atoms with Gasteiger partial charge in [-0.2, -0.15) is 0 Å². The monoisotopic (exact) mass is 306 g/mol. The summed E-state index contributed by atoms with van der Waals surface area (Å²) in [5.41, 5.74) is 0.709. The van der Waals surface area contributed by atoms with E-state index in [1.54, 1.807) is 12.1 Å². The van der Waals surface area contributed by atoms with Gasteiger partial charge in [0.05, 0.1) is 13.0 Å². The van der Waals surface area contributed by atoms with E-state index in [-0.39, 0.29) is 5.78 Å². The predicted octanol–water partition coefficient (Wildman–Crippen LogP) is 4.46. The van der Waals surface area contributed by atoms with E-state index in [1.165, 1.54) is 22.7 Å². The average Bonchev–Trinajstić information content (AvgIpc) is 2.73. The van der Waals surface area contributed by atoms with Crippen LogP contribution in [0.15, 0.2) is 27.4 Å². The van der Waals surface area contributed by atoms with Crippen LogP contribution < -0.4 is 0 Å². The summed E-state index contributed by atoms with van der Waals surface area (Å²) in [7, 11) is 0. The fraction of sp³-hybridized carbons (Fsp3) is 0. The number of hydrogen-bond donors (Lipinski definition) is 0. The smallest absolute Gasteiger partial charge is 0.203 e. The molecule has 5 heteroatoms. The van der Waals surface area contributed by atoms with Crippen molar-refractivity contribution < 1.29 is 4.79 Å². The van der Waals surface area contributed by atoms with Crippen LogP contribution in [0.1, 0.15) is 15.2 Å². The van der Waals surface area contributed by atoms with Gasteiger partial charge in [0.15, 0.2) is 0 Å². The van der Waals surface area contributed by atoms with E-state index < -0.39 is 0 Å². The van der Waals surface area contributed by atoms with Crippen LogP contribution in [0, 0.1) is 0 Å². The number of hydrogen-bond acceptors (Lipinski definition) is 3. The van der Waals surface area contributed by atoms with Crippen LogP contribution in [0.2, 0.25) is 4.34 Å². The minimum atomic E-state index is 0.0313. The number of halogens is 2. The molecule has 0 aliphatic carbocycles. The zero-order valence-corrected chi connectivity index (χ0v) is 10.8. The summed E-state index contributed by atoms with van der Waals surface area (Å²) >= 11 is 11.9. The lowest BCUT2D eigenvalue weighted by Gasteiger charge is -1.90. The Morgan fingerprint density at radius 2 is 2.21 bits per heavy atom. The maximum atomic E-state index is 11.8. The molecule has 0 radical (unpaired) electrons. The Morgan fingerprint density at radius 3 is 2.71 bits per heavy atom. The van der Waals surface area contributed by atoms with Crippen LogP contribution in [-0.4, -0.2) is 5.78 Å². The summed E-state index contributed by atoms with van der Waals surface area (Å²) < 4.78 is 1.60. The number of carbonyl (C=O) groups is 1. The fourth-order valence-corrected chi connectivity index (χ4v) is 3.15. The van der Waals surface area contributed by atoms with Crippen LogP contribution in [0.3, 0.4) is 0 Å². The average molecular weight is 308 g/mol. The Bertz CT molecular complexity index is 432. The highest BCUT2D eigenvalue weighted by Crippen LogP contribution is 2.27. The van der Waals surface area contributed by atoms with Crippen molar-refractivity contribution in [2.24, 2.45) is 0 Å². The molecule has 2 rings (SSSR count). The molecule has 0 bridgehead atoms. The molecule has 0 aromatic carbocycles. The molecule has 72 valence electrons. The quantitative estimate of drug-likeness (QED) is 0.749. The zero-order chi connectivity index (χ0) is 10.1. The van der Waals surface area contributed by atoms with Gasteiger partial charge in [-0.1, -0.05) is 11.6 Å². The summed E-state index contributed by atoms with van der Waals surface area (Å²) in [4.78, 5) is 12.5. The first-order valence-electron chi connectivity index (χ1n) is 3.71. The van der Waals surface area contributed by atoms with Crippen molar-refractivity contribution in [3.8, 4) is 0 Å². The summed E-state index contributed by atoms with van der Waals surface area (Å²) in [6, 6.07) is 5.31. The molecule has 0 atom stereocenters. The highest BCUT2D eigenvalue weighted by molar-refractivity contribution is 9.11. The highest BCUT2D eigenvalue weighted by Gasteiger charge is 2.12. The Morgan fingerprint density at radius 1 is 1.43 bits per heavy atom. The highest BCUT2D eigenvalue weighted by atomic mass is 79.9. The van der Waals surface area contributed by atoms with Gasteiger partial charge in [-0.15, -0.1) is 22.7 Å². The van der Waals surface area contributed by atoms with Gasteiger partial charge in [-0.3, -0.25) is 4.79 Å². The van der Waals surface area contributed by atoms with E-state index in [0.717, 1.165) is 3.79 Å². The SMILES string of the molecule is O=C(c1csc(Br)c1)c1ccc(Cl)s1. The first-order valence-corrected chi connectivity index (χ1v) is 6.57. The van der Waals surface area contributed by atoms with Crippen molar-refractivity contribution in [2.75, 3.05) is 0 Å². The molecule has 0 saturated heterocycles. The van der Waals surface area contributed by atoms with Gasteiger partial charge >= 0.3 is 0 Å². The van der Waals surface area contributed by atoms with Crippen molar-refractivity contribution >= 4 is 56.0 Å². The lowest BCUT2D eigenvalue weighted by atomic mass is 10.2. The van der Waals surface area contributed by atoms with Crippen molar-refractivity contribution in [3.63, 3.8) is 0 Å². The van der Waals surface area contributed by atoms with Gasteiger partial charge in [-0.25, -0.2) is 0 Å². The predicted molar refractivity (Wildman–Crippen MR) is 64.8 cm³/mol. The van der Waals surface area contributed by atoms with Crippen LogP contribution in [-0.2, 0) is 0 Å². The van der Waals surface area contributed by atoms with Crippen molar-refractivity contribution in [1.82, 2.24) is 0 Å². The summed E-state index contributed by atoms with van der Waals surface area (Å²) in [5, 5.41) is 1.83. The molecule has 1 nitrogen and oxygen atoms in total. The van der Waals surface area contributed by atoms with Crippen molar-refractivity contribution in [1.29, 1.82) is 0 Å². The Kier molecular flexibility index (Phi) is 3.07. The summed E-state index contributed by atoms with van der Waals surface area (Å²) in [5.74, 6) is 0.0313. The number of carbonyl (C=O) groups excluding carboxylic acids is 1. The zero-order valence-electron chi connectivity index (χ0n) is 6.79. The molecule has 0 unspecified atom stereocenters. The van der Waals surface area contributed by atoms with Gasteiger partial charge < -0.3 is 0 Å². The number of rotatable bonds is 2. The molecule has 0 amide bonds. The lowest BCUT2D eigenvalue weighted by Crippen LogP contribution is -1.95. The standard InChI is InChI=1S/C9H4BrClOS2/c10-7-3-5(4-13-7)9(12)6-1-2-8(11)14-6/h1-4H. The minimum absolute atomic E-state index is 0.0313. The second kappa shape index (κ2) is 4.14. The molecule has 2 heterocycles. The van der Waals surface area contributed by atoms with Gasteiger partial charge in [-0.05, 0) is 34.1 Å². The molecule has 0 aliphatic heterocycles. The molecule has 2 aromatic heterocycles. The van der Waals surface area contributed by atoms with Crippen LogP contribution in [0.5, 0.6) is 0 Å². The second-order valence-electron chi connectivity index (χ2n) is 2.57. The van der Waals surface area contributed by atoms with Crippen molar-refractivity contribution in [3.05, 3.63) is 42.1 Å². The topological polar surface area (TPSA) is 17.1 Å². The normalized spacial score (nSPS) is 10.4. The van der Waals surface area contributed by atoms with Crippen molar-refractivity contribution in [2.45, 2.75) is 0 Å². The van der Waals surface area contributed by atoms with Crippen LogP contribution >= 0.6 is 50.2 Å². The van der Waals surface area contributed by atoms with E-state index in [4.69, 9.17) is 11.6 Å². The first kappa shape index (κ1) is 10.4. The molecule has 2 aromatic rings. The third kappa shape index (κ3) is 2.08. The van der Waals surface area contributed by atoms with E-state index in [1.807, 2.05) is 11.4 Å². The number of ketones is 1. The molecule has 14 heavy (non-hydrogen) atoms. The molecule has 0 N–H and O–H groups in total. The maximum Gasteiger partial charge on any atom is 0.203 e. The van der Waals surface area contributed by atoms with Gasteiger partial charge in [0.25, 0.3) is 0 Å². The second-order valence-corrected chi connectivity index (χ2v) is 6.58. The minimum Gasteiger partial charge on any atom is -0.288 e. The third-order valence-electron chi connectivity index (χ3n) is 1.63. The van der Waals surface area contributed by atoms with Gasteiger partial charge in [0.1, 0.15) is 0 Å². The molecular weight excluding hydrogens is 304 g/mol. The van der Waals surface area contributed by atoms with E-state index in [2.05, 4.69) is 15.9 Å². The summed E-state index contributed by atoms with van der Waals surface area (Å²) in [6.07, 6.45) is 0. The number of thiophene rings is 2. The maximum absolute atomic E-state index is 11.8. The van der Waals surface area contributed by atoms with Gasteiger partial charge in [0.2, 0.25) is 5.78 Å². The summed E-state index contributed by atoms with van der Waals surface area (Å²) in [6.45, 7) is 0. The fourth-order valence-electron chi connectivity index (χ4n) is 1.01. The third-order valence-corrected chi connectivity index (χ3v) is 4.36. The van der Waals surface area contributed by atoms with Crippen LogP contribution in [0.25, 0.3) is 0 Å². The largest absolute Gasteiger partial charge is 0.288 e. The van der Waals surface area contributed by atoms with E-state index in [0.29, 0.717) is 14.8 Å². The molecule has 0 spiro atoms. The molecule has 0 saturated carbocycles. The lowest BCUT2D eigenvalue weighted by molar-refractivity contribution is 0.104. The Balaban J connectivity index is 2.33. The molecule has 0 fully saturated rings. The van der Waals surface area contributed by atoms with Crippen LogP contribution in [0.4, 0.5) is 0 Å². The Labute approximate surface area is 102 Å². The Hall–Kier alpha value is -0.160. The molecule has 0 aliphatic rings.